The summed E-state index contributed by atoms with van der Waals surface area (Å²) in [7, 11) is 0. The molecule has 132 valence electrons. The number of para-hydroxylation sites is 1. The van der Waals surface area contributed by atoms with Crippen LogP contribution >= 0.6 is 0 Å². The van der Waals surface area contributed by atoms with Gasteiger partial charge in [-0.3, -0.25) is 10.1 Å². The molecule has 2 heterocycles. The summed E-state index contributed by atoms with van der Waals surface area (Å²) >= 11 is 0. The van der Waals surface area contributed by atoms with Gasteiger partial charge in [-0.1, -0.05) is 12.1 Å². The van der Waals surface area contributed by atoms with Gasteiger partial charge in [0.15, 0.2) is 0 Å². The third-order valence-corrected chi connectivity index (χ3v) is 6.00. The van der Waals surface area contributed by atoms with Crippen molar-refractivity contribution in [3.63, 3.8) is 0 Å². The standard InChI is InChI=1S/C18H28N4O2/c1-2-19-11-13-21(14-12-19)17-7-9-20(10-8-17)15-16-5-3-4-6-18(16)22(23)24/h3-6,17H,2,7-15H2,1H3/p+3. The molecule has 2 aliphatic rings. The number of nitro groups is 1. The minimum atomic E-state index is -0.249. The molecule has 6 heteroatoms. The smallest absolute Gasteiger partial charge is 0.278 e. The van der Waals surface area contributed by atoms with Gasteiger partial charge in [0.2, 0.25) is 0 Å². The zero-order valence-corrected chi connectivity index (χ0v) is 14.7. The van der Waals surface area contributed by atoms with E-state index in [2.05, 4.69) is 6.92 Å². The molecule has 3 rings (SSSR count). The SMILES string of the molecule is CC[NH+]1CC[NH+](C2CC[NH+](Cc3ccccc3[N+](=O)[O-])CC2)CC1. The molecule has 0 aromatic heterocycles. The van der Waals surface area contributed by atoms with Gasteiger partial charge in [-0.05, 0) is 13.0 Å². The van der Waals surface area contributed by atoms with E-state index >= 15 is 0 Å². The molecule has 2 saturated heterocycles. The Morgan fingerprint density at radius 1 is 1.04 bits per heavy atom. The molecule has 0 atom stereocenters. The first kappa shape index (κ1) is 17.3. The number of likely N-dealkylation sites (N-methyl/N-ethyl adjacent to an activating group) is 1. The van der Waals surface area contributed by atoms with Crippen molar-refractivity contribution in [1.29, 1.82) is 0 Å². The van der Waals surface area contributed by atoms with Crippen molar-refractivity contribution >= 4 is 5.69 Å². The van der Waals surface area contributed by atoms with Gasteiger partial charge in [0.1, 0.15) is 32.7 Å². The van der Waals surface area contributed by atoms with E-state index in [1.807, 2.05) is 12.1 Å². The predicted molar refractivity (Wildman–Crippen MR) is 92.5 cm³/mol. The second-order valence-electron chi connectivity index (χ2n) is 7.35. The summed E-state index contributed by atoms with van der Waals surface area (Å²) in [5, 5.41) is 11.2. The summed E-state index contributed by atoms with van der Waals surface area (Å²) in [5.74, 6) is 0. The van der Waals surface area contributed by atoms with E-state index < -0.39 is 0 Å². The number of hydrogen-bond donors (Lipinski definition) is 3. The Balaban J connectivity index is 1.50. The second kappa shape index (κ2) is 8.05. The molecule has 0 amide bonds. The third-order valence-electron chi connectivity index (χ3n) is 6.00. The Morgan fingerprint density at radius 3 is 2.33 bits per heavy atom. The molecule has 0 unspecified atom stereocenters. The highest BCUT2D eigenvalue weighted by Crippen LogP contribution is 2.16. The number of benzene rings is 1. The number of rotatable bonds is 5. The van der Waals surface area contributed by atoms with Crippen LogP contribution in [0.3, 0.4) is 0 Å². The van der Waals surface area contributed by atoms with E-state index in [1.165, 1.54) is 50.5 Å². The van der Waals surface area contributed by atoms with Crippen molar-refractivity contribution in [2.45, 2.75) is 32.4 Å². The first-order valence-electron chi connectivity index (χ1n) is 9.41. The minimum absolute atomic E-state index is 0.249. The molecule has 0 spiro atoms. The Hall–Kier alpha value is -1.50. The molecule has 3 N–H and O–H groups in total. The maximum atomic E-state index is 11.2. The number of nitrogens with zero attached hydrogens (tertiary/aromatic N) is 1. The number of quaternary nitrogens is 3. The average molecular weight is 335 g/mol. The normalized spacial score (nSPS) is 30.9. The number of hydrogen-bond acceptors (Lipinski definition) is 2. The maximum Gasteiger partial charge on any atom is 0.278 e. The Kier molecular flexibility index (Phi) is 5.81. The van der Waals surface area contributed by atoms with Gasteiger partial charge in [-0.2, -0.15) is 0 Å². The first-order chi connectivity index (χ1) is 11.7. The van der Waals surface area contributed by atoms with Crippen LogP contribution in [-0.4, -0.2) is 56.8 Å². The number of nitrogens with one attached hydrogen (secondary N) is 3. The zero-order chi connectivity index (χ0) is 16.9. The summed E-state index contributed by atoms with van der Waals surface area (Å²) in [6.45, 7) is 11.9. The lowest BCUT2D eigenvalue weighted by molar-refractivity contribution is -1.03. The van der Waals surface area contributed by atoms with Gasteiger partial charge < -0.3 is 14.7 Å². The van der Waals surface area contributed by atoms with E-state index in [0.29, 0.717) is 0 Å². The van der Waals surface area contributed by atoms with Crippen molar-refractivity contribution in [3.8, 4) is 0 Å². The van der Waals surface area contributed by atoms with Crippen LogP contribution in [0.15, 0.2) is 24.3 Å². The molecule has 24 heavy (non-hydrogen) atoms. The fourth-order valence-corrected chi connectivity index (χ4v) is 4.41. The van der Waals surface area contributed by atoms with Crippen molar-refractivity contribution in [3.05, 3.63) is 39.9 Å². The van der Waals surface area contributed by atoms with Gasteiger partial charge in [-0.25, -0.2) is 0 Å². The summed E-state index contributed by atoms with van der Waals surface area (Å²) in [4.78, 5) is 16.0. The molecular formula is C18H31N4O2+3. The third kappa shape index (κ3) is 4.12. The highest BCUT2D eigenvalue weighted by molar-refractivity contribution is 5.39. The minimum Gasteiger partial charge on any atom is -0.331 e. The number of piperazine rings is 1. The van der Waals surface area contributed by atoms with Crippen LogP contribution in [0.4, 0.5) is 5.69 Å². The molecule has 0 saturated carbocycles. The van der Waals surface area contributed by atoms with Crippen LogP contribution in [0.2, 0.25) is 0 Å². The Morgan fingerprint density at radius 2 is 1.71 bits per heavy atom. The van der Waals surface area contributed by atoms with Gasteiger partial charge in [0.25, 0.3) is 5.69 Å². The van der Waals surface area contributed by atoms with E-state index in [4.69, 9.17) is 0 Å². The Labute approximate surface area is 144 Å². The Bertz CT molecular complexity index is 550. The first-order valence-corrected chi connectivity index (χ1v) is 9.41. The molecular weight excluding hydrogens is 304 g/mol. The molecule has 1 aromatic rings. The molecule has 0 aliphatic carbocycles. The average Bonchev–Trinajstić information content (AvgIpc) is 2.63. The summed E-state index contributed by atoms with van der Waals surface area (Å²) in [6.07, 6.45) is 2.51. The predicted octanol–water partition coefficient (Wildman–Crippen LogP) is -2.05. The zero-order valence-electron chi connectivity index (χ0n) is 14.7. The largest absolute Gasteiger partial charge is 0.331 e. The topological polar surface area (TPSA) is 56.5 Å². The van der Waals surface area contributed by atoms with Gasteiger partial charge in [0, 0.05) is 18.9 Å². The van der Waals surface area contributed by atoms with Gasteiger partial charge >= 0.3 is 0 Å². The van der Waals surface area contributed by atoms with E-state index in [0.717, 1.165) is 31.2 Å². The van der Waals surface area contributed by atoms with Crippen LogP contribution < -0.4 is 14.7 Å². The van der Waals surface area contributed by atoms with Crippen LogP contribution in [0.25, 0.3) is 0 Å². The second-order valence-corrected chi connectivity index (χ2v) is 7.35. The van der Waals surface area contributed by atoms with E-state index in [1.54, 1.807) is 21.9 Å². The lowest BCUT2D eigenvalue weighted by atomic mass is 10.0. The quantitative estimate of drug-likeness (QED) is 0.428. The fraction of sp³-hybridized carbons (Fsp3) is 0.667. The van der Waals surface area contributed by atoms with E-state index in [-0.39, 0.29) is 10.6 Å². The van der Waals surface area contributed by atoms with Crippen LogP contribution in [0, 0.1) is 10.1 Å². The summed E-state index contributed by atoms with van der Waals surface area (Å²) < 4.78 is 0. The van der Waals surface area contributed by atoms with Crippen molar-refractivity contribution in [1.82, 2.24) is 0 Å². The lowest BCUT2D eigenvalue weighted by Crippen LogP contribution is -3.30. The van der Waals surface area contributed by atoms with Crippen molar-refractivity contribution in [2.24, 2.45) is 0 Å². The van der Waals surface area contributed by atoms with Crippen molar-refractivity contribution < 1.29 is 19.6 Å². The maximum absolute atomic E-state index is 11.2. The van der Waals surface area contributed by atoms with Crippen LogP contribution in [0.5, 0.6) is 0 Å². The number of likely N-dealkylation sites (tertiary alicyclic amines) is 1. The van der Waals surface area contributed by atoms with Gasteiger partial charge in [0.05, 0.1) is 36.2 Å². The van der Waals surface area contributed by atoms with Crippen LogP contribution in [0.1, 0.15) is 25.3 Å². The summed E-state index contributed by atoms with van der Waals surface area (Å²) in [6, 6.07) is 8.01. The van der Waals surface area contributed by atoms with Crippen LogP contribution in [-0.2, 0) is 6.54 Å². The number of piperidine rings is 1. The lowest BCUT2D eigenvalue weighted by Gasteiger charge is -2.37. The fourth-order valence-electron chi connectivity index (χ4n) is 4.41. The molecule has 2 aliphatic heterocycles. The highest BCUT2D eigenvalue weighted by Gasteiger charge is 2.33. The molecule has 0 bridgehead atoms. The molecule has 0 radical (unpaired) electrons. The van der Waals surface area contributed by atoms with Crippen molar-refractivity contribution in [2.75, 3.05) is 45.8 Å². The molecule has 1 aromatic carbocycles. The monoisotopic (exact) mass is 335 g/mol. The van der Waals surface area contributed by atoms with Gasteiger partial charge in [-0.15, -0.1) is 0 Å². The molecule has 2 fully saturated rings. The van der Waals surface area contributed by atoms with E-state index in [9.17, 15) is 10.1 Å². The molecule has 6 nitrogen and oxygen atoms in total. The summed E-state index contributed by atoms with van der Waals surface area (Å²) in [5.41, 5.74) is 1.15. The number of nitro benzene ring substituents is 1. The highest BCUT2D eigenvalue weighted by atomic mass is 16.6.